The first-order valence-corrected chi connectivity index (χ1v) is 8.29. The van der Waals surface area contributed by atoms with Crippen LogP contribution in [-0.2, 0) is 23.9 Å². The number of anilines is 1. The molecule has 1 aliphatic rings. The van der Waals surface area contributed by atoms with E-state index >= 15 is 0 Å². The molecule has 0 aliphatic carbocycles. The van der Waals surface area contributed by atoms with Crippen LogP contribution in [0.15, 0.2) is 35.4 Å². The van der Waals surface area contributed by atoms with Gasteiger partial charge in [0, 0.05) is 6.42 Å². The van der Waals surface area contributed by atoms with Gasteiger partial charge in [-0.25, -0.2) is 9.59 Å². The highest BCUT2D eigenvalue weighted by Crippen LogP contribution is 2.25. The Kier molecular flexibility index (Phi) is 5.97. The molecule has 0 fully saturated rings. The van der Waals surface area contributed by atoms with Gasteiger partial charge in [-0.05, 0) is 32.9 Å². The Morgan fingerprint density at radius 3 is 2.50 bits per heavy atom. The molecule has 1 aromatic rings. The topological polar surface area (TPSA) is 97.3 Å². The molecule has 1 aromatic carbocycles. The summed E-state index contributed by atoms with van der Waals surface area (Å²) in [6.07, 6.45) is 0.0802. The fourth-order valence-corrected chi connectivity index (χ4v) is 2.57. The molecule has 26 heavy (non-hydrogen) atoms. The molecule has 2 rings (SSSR count). The van der Waals surface area contributed by atoms with Crippen molar-refractivity contribution < 1.29 is 23.9 Å². The lowest BCUT2D eigenvalue weighted by Crippen LogP contribution is -2.55. The summed E-state index contributed by atoms with van der Waals surface area (Å²) >= 11 is 0. The summed E-state index contributed by atoms with van der Waals surface area (Å²) in [6, 6.07) is 8.24. The Morgan fingerprint density at radius 1 is 1.27 bits per heavy atom. The van der Waals surface area contributed by atoms with Crippen molar-refractivity contribution in [1.82, 2.24) is 5.32 Å². The average Bonchev–Trinajstić information content (AvgIpc) is 3.07. The number of amides is 1. The standard InChI is InChI=1S/C18H23N3O5/c1-5-26-16(23)13-11-14(15(22)19-18(2,3)17(24)25-4)21(20-13)12-9-7-6-8-10-12/h6-10,14H,5,11H2,1-4H3,(H,19,22)/t14-/m1/s1. The van der Waals surface area contributed by atoms with Crippen molar-refractivity contribution >= 4 is 29.2 Å². The molecule has 0 saturated heterocycles. The lowest BCUT2D eigenvalue weighted by molar-refractivity contribution is -0.149. The third kappa shape index (κ3) is 4.19. The molecule has 1 heterocycles. The van der Waals surface area contributed by atoms with Crippen molar-refractivity contribution in [3.05, 3.63) is 30.3 Å². The van der Waals surface area contributed by atoms with E-state index in [4.69, 9.17) is 9.47 Å². The number of carbonyl (C=O) groups is 3. The molecule has 1 atom stereocenters. The highest BCUT2D eigenvalue weighted by atomic mass is 16.5. The number of hydrogen-bond donors (Lipinski definition) is 1. The van der Waals surface area contributed by atoms with Crippen LogP contribution in [-0.4, -0.2) is 48.9 Å². The normalized spacial score (nSPS) is 16.7. The number of hydrazone groups is 1. The van der Waals surface area contributed by atoms with E-state index in [1.54, 1.807) is 45.0 Å². The van der Waals surface area contributed by atoms with Gasteiger partial charge in [0.1, 0.15) is 17.3 Å². The van der Waals surface area contributed by atoms with Crippen molar-refractivity contribution in [2.45, 2.75) is 38.8 Å². The van der Waals surface area contributed by atoms with Gasteiger partial charge in [-0.15, -0.1) is 0 Å². The molecule has 1 N–H and O–H groups in total. The van der Waals surface area contributed by atoms with Crippen LogP contribution in [0.1, 0.15) is 27.2 Å². The minimum Gasteiger partial charge on any atom is -0.467 e. The smallest absolute Gasteiger partial charge is 0.354 e. The zero-order valence-electron chi connectivity index (χ0n) is 15.3. The summed E-state index contributed by atoms with van der Waals surface area (Å²) in [7, 11) is 1.25. The number of carbonyl (C=O) groups excluding carboxylic acids is 3. The van der Waals surface area contributed by atoms with E-state index in [1.807, 2.05) is 6.07 Å². The number of methoxy groups -OCH3 is 1. The monoisotopic (exact) mass is 361 g/mol. The van der Waals surface area contributed by atoms with Gasteiger partial charge in [0.25, 0.3) is 0 Å². The van der Waals surface area contributed by atoms with Crippen LogP contribution in [0.5, 0.6) is 0 Å². The molecular weight excluding hydrogens is 338 g/mol. The van der Waals surface area contributed by atoms with E-state index in [-0.39, 0.29) is 18.7 Å². The average molecular weight is 361 g/mol. The number of hydrogen-bond acceptors (Lipinski definition) is 7. The van der Waals surface area contributed by atoms with E-state index in [2.05, 4.69) is 10.4 Å². The Morgan fingerprint density at radius 2 is 1.92 bits per heavy atom. The summed E-state index contributed by atoms with van der Waals surface area (Å²) < 4.78 is 9.70. The Labute approximate surface area is 152 Å². The number of esters is 2. The van der Waals surface area contributed by atoms with E-state index < -0.39 is 29.4 Å². The van der Waals surface area contributed by atoms with Gasteiger partial charge in [-0.3, -0.25) is 9.80 Å². The van der Waals surface area contributed by atoms with Crippen LogP contribution in [0.3, 0.4) is 0 Å². The Balaban J connectivity index is 2.26. The summed E-state index contributed by atoms with van der Waals surface area (Å²) in [5.41, 5.74) is -0.393. The quantitative estimate of drug-likeness (QED) is 0.766. The molecular formula is C18H23N3O5. The minimum absolute atomic E-state index is 0.0802. The fraction of sp³-hybridized carbons (Fsp3) is 0.444. The number of nitrogens with zero attached hydrogens (tertiary/aromatic N) is 2. The molecule has 0 radical (unpaired) electrons. The van der Waals surface area contributed by atoms with E-state index in [0.717, 1.165) is 0 Å². The van der Waals surface area contributed by atoms with Crippen molar-refractivity contribution in [3.63, 3.8) is 0 Å². The summed E-state index contributed by atoms with van der Waals surface area (Å²) in [6.45, 7) is 5.01. The number of rotatable bonds is 6. The van der Waals surface area contributed by atoms with Crippen molar-refractivity contribution in [2.75, 3.05) is 18.7 Å². The molecule has 8 nitrogen and oxygen atoms in total. The van der Waals surface area contributed by atoms with Crippen LogP contribution in [0.2, 0.25) is 0 Å². The third-order valence-corrected chi connectivity index (χ3v) is 3.88. The second-order valence-electron chi connectivity index (χ2n) is 6.27. The maximum absolute atomic E-state index is 12.8. The fourth-order valence-electron chi connectivity index (χ4n) is 2.57. The second kappa shape index (κ2) is 7.99. The van der Waals surface area contributed by atoms with Gasteiger partial charge >= 0.3 is 11.9 Å². The number of para-hydroxylation sites is 1. The van der Waals surface area contributed by atoms with Crippen molar-refractivity contribution in [1.29, 1.82) is 0 Å². The first kappa shape index (κ1) is 19.4. The zero-order chi connectivity index (χ0) is 19.3. The molecule has 0 unspecified atom stereocenters. The van der Waals surface area contributed by atoms with Crippen molar-refractivity contribution in [2.24, 2.45) is 5.10 Å². The van der Waals surface area contributed by atoms with Gasteiger partial charge in [0.05, 0.1) is 19.4 Å². The van der Waals surface area contributed by atoms with Gasteiger partial charge in [0.15, 0.2) is 0 Å². The summed E-state index contributed by atoms with van der Waals surface area (Å²) in [5.74, 6) is -1.56. The highest BCUT2D eigenvalue weighted by molar-refractivity contribution is 6.38. The Hall–Kier alpha value is -2.90. The van der Waals surface area contributed by atoms with Crippen LogP contribution in [0.25, 0.3) is 0 Å². The first-order chi connectivity index (χ1) is 12.3. The molecule has 1 amide bonds. The SMILES string of the molecule is CCOC(=O)C1=NN(c2ccccc2)[C@@H](C(=O)NC(C)(C)C(=O)OC)C1. The van der Waals surface area contributed by atoms with E-state index in [0.29, 0.717) is 5.69 Å². The van der Waals surface area contributed by atoms with E-state index in [1.165, 1.54) is 12.1 Å². The second-order valence-corrected chi connectivity index (χ2v) is 6.27. The van der Waals surface area contributed by atoms with Gasteiger partial charge in [-0.1, -0.05) is 18.2 Å². The van der Waals surface area contributed by atoms with Crippen LogP contribution in [0.4, 0.5) is 5.69 Å². The van der Waals surface area contributed by atoms with Gasteiger partial charge in [0.2, 0.25) is 5.91 Å². The number of ether oxygens (including phenoxy) is 2. The summed E-state index contributed by atoms with van der Waals surface area (Å²) in [5, 5.41) is 8.40. The van der Waals surface area contributed by atoms with Gasteiger partial charge < -0.3 is 14.8 Å². The Bertz CT molecular complexity index is 715. The number of nitrogens with one attached hydrogen (secondary N) is 1. The molecule has 140 valence electrons. The molecule has 0 saturated carbocycles. The number of benzene rings is 1. The predicted molar refractivity (Wildman–Crippen MR) is 95.6 cm³/mol. The maximum atomic E-state index is 12.8. The third-order valence-electron chi connectivity index (χ3n) is 3.88. The predicted octanol–water partition coefficient (Wildman–Crippen LogP) is 1.25. The molecule has 0 aromatic heterocycles. The van der Waals surface area contributed by atoms with Crippen molar-refractivity contribution in [3.8, 4) is 0 Å². The lowest BCUT2D eigenvalue weighted by Gasteiger charge is -2.28. The molecule has 0 bridgehead atoms. The molecule has 0 spiro atoms. The largest absolute Gasteiger partial charge is 0.467 e. The van der Waals surface area contributed by atoms with E-state index in [9.17, 15) is 14.4 Å². The maximum Gasteiger partial charge on any atom is 0.354 e. The van der Waals surface area contributed by atoms with Crippen LogP contribution >= 0.6 is 0 Å². The van der Waals surface area contributed by atoms with Crippen LogP contribution in [0, 0.1) is 0 Å². The first-order valence-electron chi connectivity index (χ1n) is 8.29. The summed E-state index contributed by atoms with van der Waals surface area (Å²) in [4.78, 5) is 36.7. The van der Waals surface area contributed by atoms with Crippen LogP contribution < -0.4 is 10.3 Å². The van der Waals surface area contributed by atoms with Gasteiger partial charge in [-0.2, -0.15) is 5.10 Å². The highest BCUT2D eigenvalue weighted by Gasteiger charge is 2.40. The zero-order valence-corrected chi connectivity index (χ0v) is 15.3. The molecule has 1 aliphatic heterocycles. The lowest BCUT2D eigenvalue weighted by atomic mass is 10.0. The molecule has 8 heteroatoms. The minimum atomic E-state index is -1.21.